The van der Waals surface area contributed by atoms with E-state index in [2.05, 4.69) is 5.10 Å². The van der Waals surface area contributed by atoms with Crippen LogP contribution < -0.4 is 0 Å². The van der Waals surface area contributed by atoms with Crippen molar-refractivity contribution in [1.82, 2.24) is 9.78 Å². The lowest BCUT2D eigenvalue weighted by Gasteiger charge is -2.02. The van der Waals surface area contributed by atoms with Crippen LogP contribution in [-0.2, 0) is 10.2 Å². The van der Waals surface area contributed by atoms with Crippen molar-refractivity contribution in [3.05, 3.63) is 42.6 Å². The molecular weight excluding hydrogens is 219 g/mol. The van der Waals surface area contributed by atoms with Gasteiger partial charge in [-0.2, -0.15) is 13.5 Å². The van der Waals surface area contributed by atoms with E-state index in [1.165, 1.54) is 6.20 Å². The average molecular weight is 226 g/mol. The van der Waals surface area contributed by atoms with Crippen molar-refractivity contribution in [3.63, 3.8) is 0 Å². The highest BCUT2D eigenvalue weighted by Gasteiger charge is 2.18. The van der Waals surface area contributed by atoms with Crippen LogP contribution >= 0.6 is 0 Å². The van der Waals surface area contributed by atoms with Gasteiger partial charge in [-0.25, -0.2) is 4.68 Å². The van der Waals surface area contributed by atoms with E-state index in [0.717, 1.165) is 10.7 Å². The zero-order valence-corrected chi connectivity index (χ0v) is 8.36. The number of para-hydroxylation sites is 1. The molecule has 4 nitrogen and oxygen atoms in total. The van der Waals surface area contributed by atoms with Crippen molar-refractivity contribution in [2.75, 3.05) is 0 Å². The largest absolute Gasteiger partial charge is 0.349 e. The van der Waals surface area contributed by atoms with E-state index in [1.807, 2.05) is 0 Å². The van der Waals surface area contributed by atoms with Gasteiger partial charge in [-0.3, -0.25) is 0 Å². The Morgan fingerprint density at radius 3 is 2.40 bits per heavy atom. The predicted octanol–water partition coefficient (Wildman–Crippen LogP) is 1.53. The van der Waals surface area contributed by atoms with E-state index in [9.17, 15) is 12.3 Å². The van der Waals surface area contributed by atoms with Crippen LogP contribution in [0.25, 0.3) is 5.69 Å². The van der Waals surface area contributed by atoms with Gasteiger partial charge in [0.2, 0.25) is 0 Å². The number of hydrogen-bond donors (Lipinski definition) is 0. The molecule has 0 amide bonds. The number of halogens is 1. The highest BCUT2D eigenvalue weighted by Crippen LogP contribution is 2.16. The van der Waals surface area contributed by atoms with Crippen LogP contribution in [0.4, 0.5) is 3.89 Å². The first kappa shape index (κ1) is 9.85. The smallest absolute Gasteiger partial charge is 0.220 e. The molecule has 2 rings (SSSR count). The van der Waals surface area contributed by atoms with Crippen molar-refractivity contribution < 1.29 is 12.3 Å². The highest BCUT2D eigenvalue weighted by molar-refractivity contribution is 7.86. The third-order valence-electron chi connectivity index (χ3n) is 1.86. The number of hydrogen-bond acceptors (Lipinski definition) is 3. The second kappa shape index (κ2) is 3.47. The summed E-state index contributed by atoms with van der Waals surface area (Å²) >= 11 is 0. The van der Waals surface area contributed by atoms with Gasteiger partial charge in [0.05, 0.1) is 11.9 Å². The molecule has 6 heteroatoms. The molecule has 0 aliphatic carbocycles. The van der Waals surface area contributed by atoms with E-state index in [4.69, 9.17) is 0 Å². The molecule has 78 valence electrons. The third-order valence-corrected chi connectivity index (χ3v) is 2.67. The minimum Gasteiger partial charge on any atom is -0.220 e. The standard InChI is InChI=1S/C9H7FN2O2S/c10-15(13,14)9-6-7-11-12(9)8-4-2-1-3-5-8/h1-7H. The molecule has 0 radical (unpaired) electrons. The Morgan fingerprint density at radius 2 is 1.80 bits per heavy atom. The van der Waals surface area contributed by atoms with Crippen LogP contribution in [0.3, 0.4) is 0 Å². The summed E-state index contributed by atoms with van der Waals surface area (Å²) in [5.41, 5.74) is 0.499. The van der Waals surface area contributed by atoms with Crippen LogP contribution in [0.1, 0.15) is 0 Å². The number of aromatic nitrogens is 2. The van der Waals surface area contributed by atoms with Gasteiger partial charge < -0.3 is 0 Å². The molecule has 0 fully saturated rings. The maximum absolute atomic E-state index is 12.8. The minimum absolute atomic E-state index is 0.464. The molecule has 0 saturated carbocycles. The predicted molar refractivity (Wildman–Crippen MR) is 51.9 cm³/mol. The zero-order valence-electron chi connectivity index (χ0n) is 7.54. The molecule has 0 bridgehead atoms. The minimum atomic E-state index is -4.74. The molecule has 1 heterocycles. The van der Waals surface area contributed by atoms with Crippen molar-refractivity contribution in [2.45, 2.75) is 5.03 Å². The summed E-state index contributed by atoms with van der Waals surface area (Å²) in [6.07, 6.45) is 1.24. The van der Waals surface area contributed by atoms with Gasteiger partial charge >= 0.3 is 10.2 Å². The maximum Gasteiger partial charge on any atom is 0.349 e. The first-order chi connectivity index (χ1) is 7.09. The van der Waals surface area contributed by atoms with Gasteiger partial charge in [0.1, 0.15) is 0 Å². The topological polar surface area (TPSA) is 52.0 Å². The number of nitrogens with zero attached hydrogens (tertiary/aromatic N) is 2. The first-order valence-electron chi connectivity index (χ1n) is 4.13. The summed E-state index contributed by atoms with van der Waals surface area (Å²) in [7, 11) is -4.74. The number of benzene rings is 1. The molecule has 0 N–H and O–H groups in total. The van der Waals surface area contributed by atoms with Gasteiger partial charge in [0, 0.05) is 0 Å². The number of rotatable bonds is 2. The third kappa shape index (κ3) is 1.89. The van der Waals surface area contributed by atoms with E-state index < -0.39 is 15.2 Å². The van der Waals surface area contributed by atoms with Crippen molar-refractivity contribution in [1.29, 1.82) is 0 Å². The van der Waals surface area contributed by atoms with Crippen LogP contribution in [0.15, 0.2) is 47.6 Å². The van der Waals surface area contributed by atoms with Gasteiger partial charge in [0.25, 0.3) is 0 Å². The fraction of sp³-hybridized carbons (Fsp3) is 0. The SMILES string of the molecule is O=S(=O)(F)c1ccnn1-c1ccccc1. The molecule has 0 spiro atoms. The maximum atomic E-state index is 12.8. The molecular formula is C9H7FN2O2S. The Balaban J connectivity index is 2.61. The fourth-order valence-electron chi connectivity index (χ4n) is 1.24. The van der Waals surface area contributed by atoms with E-state index >= 15 is 0 Å². The lowest BCUT2D eigenvalue weighted by molar-refractivity contribution is 0.541. The van der Waals surface area contributed by atoms with Crippen LogP contribution in [0.2, 0.25) is 0 Å². The summed E-state index contributed by atoms with van der Waals surface area (Å²) in [5.74, 6) is 0. The van der Waals surface area contributed by atoms with Crippen molar-refractivity contribution in [3.8, 4) is 5.69 Å². The lowest BCUT2D eigenvalue weighted by atomic mass is 10.3. The zero-order chi connectivity index (χ0) is 10.9. The molecule has 0 aliphatic rings. The average Bonchev–Trinajstić information content (AvgIpc) is 2.67. The van der Waals surface area contributed by atoms with Gasteiger partial charge in [-0.1, -0.05) is 22.1 Å². The highest BCUT2D eigenvalue weighted by atomic mass is 32.3. The van der Waals surface area contributed by atoms with Crippen LogP contribution in [-0.4, -0.2) is 18.2 Å². The summed E-state index contributed by atoms with van der Waals surface area (Å²) in [6.45, 7) is 0. The molecule has 0 saturated heterocycles. The molecule has 1 aromatic carbocycles. The van der Waals surface area contributed by atoms with Crippen LogP contribution in [0.5, 0.6) is 0 Å². The molecule has 15 heavy (non-hydrogen) atoms. The second-order valence-electron chi connectivity index (χ2n) is 2.85. The molecule has 0 aliphatic heterocycles. The van der Waals surface area contributed by atoms with Crippen molar-refractivity contribution in [2.24, 2.45) is 0 Å². The lowest BCUT2D eigenvalue weighted by Crippen LogP contribution is -2.04. The quantitative estimate of drug-likeness (QED) is 0.730. The Hall–Kier alpha value is -1.69. The molecule has 2 aromatic rings. The van der Waals surface area contributed by atoms with Crippen LogP contribution in [0, 0.1) is 0 Å². The van der Waals surface area contributed by atoms with E-state index in [-0.39, 0.29) is 0 Å². The van der Waals surface area contributed by atoms with E-state index in [0.29, 0.717) is 5.69 Å². The van der Waals surface area contributed by atoms with Gasteiger partial charge in [0.15, 0.2) is 5.03 Å². The Kier molecular flexibility index (Phi) is 2.28. The Morgan fingerprint density at radius 1 is 1.13 bits per heavy atom. The molecule has 1 aromatic heterocycles. The van der Waals surface area contributed by atoms with Crippen molar-refractivity contribution >= 4 is 10.2 Å². The Bertz CT molecular complexity index is 563. The molecule has 0 unspecified atom stereocenters. The first-order valence-corrected chi connectivity index (χ1v) is 5.51. The second-order valence-corrected chi connectivity index (χ2v) is 4.15. The Labute approximate surface area is 86.2 Å². The van der Waals surface area contributed by atoms with Gasteiger partial charge in [-0.15, -0.1) is 0 Å². The summed E-state index contributed by atoms with van der Waals surface area (Å²) in [5, 5.41) is 3.29. The fourth-order valence-corrected chi connectivity index (χ4v) is 1.82. The monoisotopic (exact) mass is 226 g/mol. The summed E-state index contributed by atoms with van der Waals surface area (Å²) in [6, 6.07) is 9.60. The normalized spacial score (nSPS) is 11.5. The van der Waals surface area contributed by atoms with Gasteiger partial charge in [-0.05, 0) is 18.2 Å². The summed E-state index contributed by atoms with van der Waals surface area (Å²) < 4.78 is 35.4. The summed E-state index contributed by atoms with van der Waals surface area (Å²) in [4.78, 5) is 0. The molecule has 0 atom stereocenters. The van der Waals surface area contributed by atoms with E-state index in [1.54, 1.807) is 30.3 Å².